The van der Waals surface area contributed by atoms with E-state index in [-0.39, 0.29) is 25.6 Å². The molecule has 0 radical (unpaired) electrons. The summed E-state index contributed by atoms with van der Waals surface area (Å²) in [7, 11) is 0. The second-order valence-electron chi connectivity index (χ2n) is 7.81. The molecule has 3 aromatic rings. The minimum atomic E-state index is -0.858. The van der Waals surface area contributed by atoms with E-state index in [1.807, 2.05) is 36.4 Å². The Morgan fingerprint density at radius 2 is 1.11 bits per heavy atom. The summed E-state index contributed by atoms with van der Waals surface area (Å²) in [6.45, 7) is 3.86. The number of hydrogen-bond donors (Lipinski definition) is 0. The van der Waals surface area contributed by atoms with Gasteiger partial charge in [-0.2, -0.15) is 11.8 Å². The number of carbonyl (C=O) groups excluding carboxylic acids is 2. The van der Waals surface area contributed by atoms with Crippen LogP contribution in [0.3, 0.4) is 0 Å². The van der Waals surface area contributed by atoms with Gasteiger partial charge in [-0.3, -0.25) is 4.79 Å². The molecule has 8 heteroatoms. The molecule has 0 aromatic heterocycles. The van der Waals surface area contributed by atoms with E-state index in [1.54, 1.807) is 36.4 Å². The second-order valence-corrected chi connectivity index (χ2v) is 10.3. The van der Waals surface area contributed by atoms with Crippen molar-refractivity contribution in [3.63, 3.8) is 0 Å². The van der Waals surface area contributed by atoms with E-state index >= 15 is 0 Å². The molecular weight excluding hydrogens is 539 g/mol. The summed E-state index contributed by atoms with van der Waals surface area (Å²) in [5.41, 5.74) is 1.79. The lowest BCUT2D eigenvalue weighted by Gasteiger charge is -2.35. The molecule has 3 aromatic carbocycles. The molecule has 0 saturated heterocycles. The largest absolute Gasteiger partial charge is 0.465 e. The molecule has 0 spiro atoms. The van der Waals surface area contributed by atoms with Gasteiger partial charge in [-0.1, -0.05) is 77.8 Å². The van der Waals surface area contributed by atoms with Crippen LogP contribution in [-0.4, -0.2) is 36.7 Å². The molecule has 0 aliphatic carbocycles. The zero-order valence-corrected chi connectivity index (χ0v) is 22.5. The minimum absolute atomic E-state index is 0.0551. The molecule has 0 unspecified atom stereocenters. The molecule has 0 amide bonds. The van der Waals surface area contributed by atoms with Gasteiger partial charge in [0.05, 0.1) is 11.8 Å². The van der Waals surface area contributed by atoms with Crippen molar-refractivity contribution in [2.45, 2.75) is 11.8 Å². The fraction of sp³-hybridized carbons (Fsp3) is 0.214. The lowest BCUT2D eigenvalue weighted by Crippen LogP contribution is -2.33. The van der Waals surface area contributed by atoms with Crippen LogP contribution in [0.25, 0.3) is 0 Å². The first-order chi connectivity index (χ1) is 17.3. The monoisotopic (exact) mass is 562 g/mol. The van der Waals surface area contributed by atoms with Crippen molar-refractivity contribution in [3.8, 4) is 0 Å². The average Bonchev–Trinajstić information content (AvgIpc) is 2.88. The van der Waals surface area contributed by atoms with Gasteiger partial charge in [0.15, 0.2) is 0 Å². The number of thioether (sulfide) groups is 1. The first kappa shape index (κ1) is 28.1. The van der Waals surface area contributed by atoms with Gasteiger partial charge < -0.3 is 9.47 Å². The summed E-state index contributed by atoms with van der Waals surface area (Å²) in [5.74, 6) is 0.368. The summed E-state index contributed by atoms with van der Waals surface area (Å²) in [6, 6.07) is 22.3. The second kappa shape index (κ2) is 13.8. The molecular formula is C28H25Cl3O4S. The molecule has 0 heterocycles. The lowest BCUT2D eigenvalue weighted by molar-refractivity contribution is -0.144. The molecule has 0 saturated carbocycles. The van der Waals surface area contributed by atoms with Gasteiger partial charge in [0.2, 0.25) is 0 Å². The maximum atomic E-state index is 13.2. The predicted molar refractivity (Wildman–Crippen MR) is 148 cm³/mol. The van der Waals surface area contributed by atoms with Crippen molar-refractivity contribution in [1.29, 1.82) is 0 Å². The summed E-state index contributed by atoms with van der Waals surface area (Å²) in [4.78, 5) is 24.3. The van der Waals surface area contributed by atoms with Crippen molar-refractivity contribution in [2.75, 3.05) is 24.7 Å². The summed E-state index contributed by atoms with van der Waals surface area (Å²) in [5, 5.41) is 1.79. The summed E-state index contributed by atoms with van der Waals surface area (Å²) < 4.78 is 10.6. The van der Waals surface area contributed by atoms with E-state index in [0.29, 0.717) is 26.6 Å². The van der Waals surface area contributed by atoms with Crippen LogP contribution in [0.2, 0.25) is 15.1 Å². The van der Waals surface area contributed by atoms with E-state index < -0.39 is 11.4 Å². The highest BCUT2D eigenvalue weighted by molar-refractivity contribution is 7.99. The fourth-order valence-electron chi connectivity index (χ4n) is 3.85. The predicted octanol–water partition coefficient (Wildman–Crippen LogP) is 7.38. The smallest absolute Gasteiger partial charge is 0.330 e. The van der Waals surface area contributed by atoms with Crippen molar-refractivity contribution in [2.24, 2.45) is 0 Å². The summed E-state index contributed by atoms with van der Waals surface area (Å²) in [6.07, 6.45) is 1.18. The van der Waals surface area contributed by atoms with Gasteiger partial charge >= 0.3 is 11.9 Å². The maximum absolute atomic E-state index is 13.2. The highest BCUT2D eigenvalue weighted by Crippen LogP contribution is 2.43. The van der Waals surface area contributed by atoms with Gasteiger partial charge in [0, 0.05) is 32.6 Å². The topological polar surface area (TPSA) is 52.6 Å². The lowest BCUT2D eigenvalue weighted by atomic mass is 9.67. The molecule has 4 nitrogen and oxygen atoms in total. The number of ether oxygens (including phenoxy) is 2. The molecule has 3 rings (SSSR count). The Morgan fingerprint density at radius 3 is 1.50 bits per heavy atom. The Balaban J connectivity index is 1.84. The Kier molecular flexibility index (Phi) is 10.7. The number of benzene rings is 3. The highest BCUT2D eigenvalue weighted by atomic mass is 35.5. The molecule has 188 valence electrons. The van der Waals surface area contributed by atoms with Crippen LogP contribution < -0.4 is 0 Å². The molecule has 0 aliphatic heterocycles. The van der Waals surface area contributed by atoms with E-state index in [1.165, 1.54) is 11.8 Å². The van der Waals surface area contributed by atoms with Crippen LogP contribution in [0, 0.1) is 0 Å². The van der Waals surface area contributed by atoms with Crippen LogP contribution in [0.1, 0.15) is 23.1 Å². The highest BCUT2D eigenvalue weighted by Gasteiger charge is 2.39. The third-order valence-electron chi connectivity index (χ3n) is 5.55. The zero-order chi connectivity index (χ0) is 26.0. The van der Waals surface area contributed by atoms with E-state index in [4.69, 9.17) is 44.3 Å². The molecule has 0 aliphatic rings. The van der Waals surface area contributed by atoms with Crippen molar-refractivity contribution in [3.05, 3.63) is 117 Å². The Bertz CT molecular complexity index is 1050. The molecule has 0 atom stereocenters. The van der Waals surface area contributed by atoms with Gasteiger partial charge in [-0.25, -0.2) is 4.79 Å². The third-order valence-corrected chi connectivity index (χ3v) is 7.22. The minimum Gasteiger partial charge on any atom is -0.465 e. The van der Waals surface area contributed by atoms with Crippen LogP contribution in [0.4, 0.5) is 0 Å². The maximum Gasteiger partial charge on any atom is 0.330 e. The van der Waals surface area contributed by atoms with Gasteiger partial charge in [0.25, 0.3) is 0 Å². The van der Waals surface area contributed by atoms with Crippen molar-refractivity contribution >= 4 is 58.5 Å². The van der Waals surface area contributed by atoms with E-state index in [2.05, 4.69) is 6.58 Å². The molecule has 36 heavy (non-hydrogen) atoms. The Morgan fingerprint density at radius 1 is 0.722 bits per heavy atom. The molecule has 0 fully saturated rings. The number of halogens is 3. The third kappa shape index (κ3) is 7.53. The first-order valence-electron chi connectivity index (χ1n) is 11.2. The van der Waals surface area contributed by atoms with E-state index in [0.717, 1.165) is 22.8 Å². The van der Waals surface area contributed by atoms with Gasteiger partial charge in [-0.15, -0.1) is 0 Å². The normalized spacial score (nSPS) is 11.1. The number of hydrogen-bond acceptors (Lipinski definition) is 5. The molecule has 0 N–H and O–H groups in total. The number of carbonyl (C=O) groups is 2. The standard InChI is InChI=1S/C28H25Cl3O4S/c1-2-26(32)34-15-17-36-18-16-35-27(33)19-28(20-3-9-23(29)10-4-20,21-5-11-24(30)12-6-21)22-7-13-25(31)14-8-22/h2-14H,1,15-19H2. The van der Waals surface area contributed by atoms with Crippen LogP contribution >= 0.6 is 46.6 Å². The SMILES string of the molecule is C=CC(=O)OCCSCCOC(=O)CC(c1ccc(Cl)cc1)(c1ccc(Cl)cc1)c1ccc(Cl)cc1. The van der Waals surface area contributed by atoms with Crippen LogP contribution in [0.5, 0.6) is 0 Å². The Hall–Kier alpha value is -2.44. The van der Waals surface area contributed by atoms with Crippen LogP contribution in [0.15, 0.2) is 85.5 Å². The quantitative estimate of drug-likeness (QED) is 0.0996. The average molecular weight is 564 g/mol. The van der Waals surface area contributed by atoms with Crippen molar-refractivity contribution in [1.82, 2.24) is 0 Å². The van der Waals surface area contributed by atoms with Gasteiger partial charge in [0.1, 0.15) is 13.2 Å². The summed E-state index contributed by atoms with van der Waals surface area (Å²) >= 11 is 20.1. The number of rotatable bonds is 12. The van der Waals surface area contributed by atoms with Gasteiger partial charge in [-0.05, 0) is 53.1 Å². The Labute approximate surface area is 230 Å². The van der Waals surface area contributed by atoms with E-state index in [9.17, 15) is 9.59 Å². The molecule has 0 bridgehead atoms. The van der Waals surface area contributed by atoms with Crippen molar-refractivity contribution < 1.29 is 19.1 Å². The number of esters is 2. The zero-order valence-electron chi connectivity index (χ0n) is 19.4. The fourth-order valence-corrected chi connectivity index (χ4v) is 4.84. The first-order valence-corrected chi connectivity index (χ1v) is 13.4. The van der Waals surface area contributed by atoms with Crippen LogP contribution in [-0.2, 0) is 24.5 Å².